The lowest BCUT2D eigenvalue weighted by atomic mass is 9.91. The minimum atomic E-state index is -1.08. The molecule has 0 aromatic carbocycles. The molecule has 0 bridgehead atoms. The Morgan fingerprint density at radius 1 is 1.36 bits per heavy atom. The molecule has 0 spiro atoms. The number of piperidine rings is 1. The van der Waals surface area contributed by atoms with Gasteiger partial charge in [-0.1, -0.05) is 6.92 Å². The molecule has 2 rings (SSSR count). The third-order valence-electron chi connectivity index (χ3n) is 4.91. The summed E-state index contributed by atoms with van der Waals surface area (Å²) in [6.07, 6.45) is 1.62. The van der Waals surface area contributed by atoms with Crippen LogP contribution >= 0.6 is 0 Å². The van der Waals surface area contributed by atoms with Gasteiger partial charge >= 0.3 is 6.09 Å². The van der Waals surface area contributed by atoms with Gasteiger partial charge in [-0.25, -0.2) is 4.79 Å². The van der Waals surface area contributed by atoms with Gasteiger partial charge in [0.05, 0.1) is 0 Å². The molecule has 0 radical (unpaired) electrons. The van der Waals surface area contributed by atoms with Gasteiger partial charge in [-0.05, 0) is 43.9 Å². The SMILES string of the molecule is CC1(CC(OC(N)=O)C(=O)N[C@@H](C[C@@H]2CCCNC2=O)C(N)=O)CC1. The molecular formula is C16H26N4O5. The highest BCUT2D eigenvalue weighted by Crippen LogP contribution is 2.49. The van der Waals surface area contributed by atoms with E-state index in [2.05, 4.69) is 10.6 Å². The van der Waals surface area contributed by atoms with E-state index in [1.807, 2.05) is 6.92 Å². The van der Waals surface area contributed by atoms with Crippen molar-refractivity contribution in [3.63, 3.8) is 0 Å². The van der Waals surface area contributed by atoms with E-state index in [4.69, 9.17) is 16.2 Å². The molecule has 0 aromatic rings. The van der Waals surface area contributed by atoms with Gasteiger partial charge in [0.1, 0.15) is 6.04 Å². The Hall–Kier alpha value is -2.32. The highest BCUT2D eigenvalue weighted by Gasteiger charge is 2.43. The summed E-state index contributed by atoms with van der Waals surface area (Å²) < 4.78 is 4.92. The molecule has 0 aromatic heterocycles. The Morgan fingerprint density at radius 2 is 2.04 bits per heavy atom. The van der Waals surface area contributed by atoms with Gasteiger partial charge in [0.15, 0.2) is 6.10 Å². The monoisotopic (exact) mass is 354 g/mol. The molecule has 1 aliphatic heterocycles. The van der Waals surface area contributed by atoms with Gasteiger partial charge in [0, 0.05) is 12.5 Å². The predicted octanol–water partition coefficient (Wildman–Crippen LogP) is -0.473. The summed E-state index contributed by atoms with van der Waals surface area (Å²) in [6.45, 7) is 2.59. The molecule has 9 heteroatoms. The van der Waals surface area contributed by atoms with Crippen LogP contribution in [0, 0.1) is 11.3 Å². The molecule has 1 unspecified atom stereocenters. The standard InChI is InChI=1S/C16H26N4O5/c1-16(4-5-16)8-11(25-15(18)24)14(23)20-10(12(17)21)7-9-3-2-6-19-13(9)22/h9-11H,2-8H2,1H3,(H2,17,21)(H2,18,24)(H,19,22)(H,20,23)/t9-,10-,11?/m0/s1. The summed E-state index contributed by atoms with van der Waals surface area (Å²) >= 11 is 0. The first-order chi connectivity index (χ1) is 11.7. The first kappa shape index (κ1) is 19.0. The maximum atomic E-state index is 12.5. The van der Waals surface area contributed by atoms with Gasteiger partial charge in [-0.3, -0.25) is 14.4 Å². The highest BCUT2D eigenvalue weighted by atomic mass is 16.6. The Balaban J connectivity index is 1.99. The van der Waals surface area contributed by atoms with Crippen LogP contribution in [0.2, 0.25) is 0 Å². The number of nitrogens with two attached hydrogens (primary N) is 2. The zero-order valence-electron chi connectivity index (χ0n) is 14.4. The molecule has 25 heavy (non-hydrogen) atoms. The molecule has 2 aliphatic rings. The molecule has 1 saturated carbocycles. The lowest BCUT2D eigenvalue weighted by Crippen LogP contribution is -2.51. The molecule has 1 aliphatic carbocycles. The molecule has 6 N–H and O–H groups in total. The van der Waals surface area contributed by atoms with Crippen LogP contribution in [0.3, 0.4) is 0 Å². The third kappa shape index (κ3) is 5.61. The molecule has 1 saturated heterocycles. The minimum Gasteiger partial charge on any atom is -0.436 e. The lowest BCUT2D eigenvalue weighted by Gasteiger charge is -2.27. The summed E-state index contributed by atoms with van der Waals surface area (Å²) in [6, 6.07) is -1.01. The van der Waals surface area contributed by atoms with Gasteiger partial charge < -0.3 is 26.8 Å². The molecule has 3 atom stereocenters. The van der Waals surface area contributed by atoms with Crippen molar-refractivity contribution in [1.82, 2.24) is 10.6 Å². The van der Waals surface area contributed by atoms with Crippen LogP contribution in [-0.2, 0) is 19.1 Å². The second-order valence-corrected chi connectivity index (χ2v) is 7.27. The number of hydrogen-bond acceptors (Lipinski definition) is 5. The number of carbonyl (C=O) groups is 4. The normalized spacial score (nSPS) is 23.7. The first-order valence-corrected chi connectivity index (χ1v) is 8.54. The zero-order valence-corrected chi connectivity index (χ0v) is 14.4. The van der Waals surface area contributed by atoms with Crippen molar-refractivity contribution in [3.8, 4) is 0 Å². The van der Waals surface area contributed by atoms with E-state index < -0.39 is 30.1 Å². The second kappa shape index (κ2) is 7.71. The van der Waals surface area contributed by atoms with Crippen molar-refractivity contribution in [1.29, 1.82) is 0 Å². The lowest BCUT2D eigenvalue weighted by molar-refractivity contribution is -0.135. The third-order valence-corrected chi connectivity index (χ3v) is 4.91. The van der Waals surface area contributed by atoms with Crippen LogP contribution in [0.5, 0.6) is 0 Å². The number of hydrogen-bond donors (Lipinski definition) is 4. The van der Waals surface area contributed by atoms with Crippen molar-refractivity contribution < 1.29 is 23.9 Å². The number of amides is 4. The number of primary amides is 2. The maximum absolute atomic E-state index is 12.5. The molecule has 1 heterocycles. The fourth-order valence-electron chi connectivity index (χ4n) is 3.05. The Morgan fingerprint density at radius 3 is 2.56 bits per heavy atom. The highest BCUT2D eigenvalue weighted by molar-refractivity contribution is 5.90. The van der Waals surface area contributed by atoms with Crippen LogP contribution in [0.1, 0.15) is 45.4 Å². The van der Waals surface area contributed by atoms with Crippen molar-refractivity contribution in [3.05, 3.63) is 0 Å². The van der Waals surface area contributed by atoms with Gasteiger partial charge in [0.25, 0.3) is 5.91 Å². The van der Waals surface area contributed by atoms with E-state index in [1.54, 1.807) is 0 Å². The second-order valence-electron chi connectivity index (χ2n) is 7.27. The van der Waals surface area contributed by atoms with Crippen molar-refractivity contribution in [2.75, 3.05) is 6.54 Å². The largest absolute Gasteiger partial charge is 0.436 e. The summed E-state index contributed by atoms with van der Waals surface area (Å²) in [5.41, 5.74) is 10.3. The Bertz CT molecular complexity index is 561. The van der Waals surface area contributed by atoms with Gasteiger partial charge in [0.2, 0.25) is 11.8 Å². The minimum absolute atomic E-state index is 0.0665. The van der Waals surface area contributed by atoms with Crippen LogP contribution in [0.25, 0.3) is 0 Å². The van der Waals surface area contributed by atoms with E-state index in [1.165, 1.54) is 0 Å². The average molecular weight is 354 g/mol. The molecule has 9 nitrogen and oxygen atoms in total. The van der Waals surface area contributed by atoms with E-state index in [9.17, 15) is 19.2 Å². The maximum Gasteiger partial charge on any atom is 0.405 e. The van der Waals surface area contributed by atoms with Crippen LogP contribution in [-0.4, -0.2) is 42.5 Å². The molecular weight excluding hydrogens is 328 g/mol. The predicted molar refractivity (Wildman–Crippen MR) is 87.9 cm³/mol. The van der Waals surface area contributed by atoms with Crippen molar-refractivity contribution >= 4 is 23.8 Å². The van der Waals surface area contributed by atoms with E-state index in [0.29, 0.717) is 19.4 Å². The number of rotatable bonds is 8. The van der Waals surface area contributed by atoms with Crippen molar-refractivity contribution in [2.24, 2.45) is 22.8 Å². The summed E-state index contributed by atoms with van der Waals surface area (Å²) in [5.74, 6) is -1.89. The van der Waals surface area contributed by atoms with E-state index in [-0.39, 0.29) is 23.7 Å². The average Bonchev–Trinajstić information content (AvgIpc) is 3.24. The van der Waals surface area contributed by atoms with Crippen LogP contribution in [0.4, 0.5) is 4.79 Å². The molecule has 2 fully saturated rings. The summed E-state index contributed by atoms with van der Waals surface area (Å²) in [5, 5.41) is 5.24. The fourth-order valence-corrected chi connectivity index (χ4v) is 3.05. The zero-order chi connectivity index (χ0) is 18.6. The quantitative estimate of drug-likeness (QED) is 0.464. The smallest absolute Gasteiger partial charge is 0.405 e. The van der Waals surface area contributed by atoms with E-state index in [0.717, 1.165) is 19.3 Å². The number of carbonyl (C=O) groups excluding carboxylic acids is 4. The Labute approximate surface area is 146 Å². The number of ether oxygens (including phenoxy) is 1. The number of nitrogens with one attached hydrogen (secondary N) is 2. The van der Waals surface area contributed by atoms with Gasteiger partial charge in [-0.15, -0.1) is 0 Å². The van der Waals surface area contributed by atoms with Crippen LogP contribution in [0.15, 0.2) is 0 Å². The summed E-state index contributed by atoms with van der Waals surface area (Å²) in [7, 11) is 0. The Kier molecular flexibility index (Phi) is 5.86. The molecule has 140 valence electrons. The van der Waals surface area contributed by atoms with Gasteiger partial charge in [-0.2, -0.15) is 0 Å². The first-order valence-electron chi connectivity index (χ1n) is 8.54. The van der Waals surface area contributed by atoms with Crippen LogP contribution < -0.4 is 22.1 Å². The fraction of sp³-hybridized carbons (Fsp3) is 0.750. The summed E-state index contributed by atoms with van der Waals surface area (Å²) in [4.78, 5) is 47.1. The topological polar surface area (TPSA) is 154 Å². The van der Waals surface area contributed by atoms with E-state index >= 15 is 0 Å². The van der Waals surface area contributed by atoms with Crippen molar-refractivity contribution in [2.45, 2.75) is 57.6 Å². The molecule has 4 amide bonds.